The summed E-state index contributed by atoms with van der Waals surface area (Å²) >= 11 is 7.65. The van der Waals surface area contributed by atoms with Crippen LogP contribution in [0.3, 0.4) is 0 Å². The van der Waals surface area contributed by atoms with Gasteiger partial charge in [-0.15, -0.1) is 0 Å². The maximum absolute atomic E-state index is 15.5. The molecule has 2 aromatic heterocycles. The fourth-order valence-corrected chi connectivity index (χ4v) is 8.26. The molecule has 0 spiro atoms. The van der Waals surface area contributed by atoms with Crippen molar-refractivity contribution in [2.75, 3.05) is 18.6 Å². The average Bonchev–Trinajstić information content (AvgIpc) is 3.69. The molecule has 1 aliphatic rings. The summed E-state index contributed by atoms with van der Waals surface area (Å²) in [6.45, 7) is -0.416. The van der Waals surface area contributed by atoms with Crippen LogP contribution in [0.2, 0.25) is 5.02 Å². The van der Waals surface area contributed by atoms with Crippen LogP contribution in [0, 0.1) is 23.4 Å². The lowest BCUT2D eigenvalue weighted by molar-refractivity contribution is -0.123. The first-order chi connectivity index (χ1) is 29.5. The Morgan fingerprint density at radius 2 is 1.76 bits per heavy atom. The number of nitrogens with zero attached hydrogens (tertiary/aromatic N) is 5. The lowest BCUT2D eigenvalue weighted by atomic mass is 10.0. The Balaban J connectivity index is 1.47. The summed E-state index contributed by atoms with van der Waals surface area (Å²) in [7, 11) is 1.52. The third-order valence-corrected chi connectivity index (χ3v) is 11.2. The zero-order valence-electron chi connectivity index (χ0n) is 32.9. The molecule has 7 rings (SSSR count). The van der Waals surface area contributed by atoms with Crippen molar-refractivity contribution in [3.8, 4) is 16.8 Å². The normalized spacial score (nSPS) is 15.3. The average molecular weight is 901 g/mol. The minimum Gasteiger partial charge on any atom is -0.392 e. The van der Waals surface area contributed by atoms with Crippen LogP contribution >= 0.6 is 23.5 Å². The van der Waals surface area contributed by atoms with E-state index in [1.165, 1.54) is 50.4 Å². The van der Waals surface area contributed by atoms with Crippen molar-refractivity contribution in [1.82, 2.24) is 24.6 Å². The Labute approximate surface area is 358 Å². The predicted molar refractivity (Wildman–Crippen MR) is 222 cm³/mol. The molecule has 62 heavy (non-hydrogen) atoms. The van der Waals surface area contributed by atoms with E-state index in [9.17, 15) is 36.6 Å². The van der Waals surface area contributed by atoms with Gasteiger partial charge in [0.1, 0.15) is 47.0 Å². The second-order valence-corrected chi connectivity index (χ2v) is 15.5. The number of aromatic nitrogens is 4. The first kappa shape index (κ1) is 44.1. The van der Waals surface area contributed by atoms with Crippen molar-refractivity contribution < 1.29 is 40.6 Å². The van der Waals surface area contributed by atoms with E-state index in [0.29, 0.717) is 21.9 Å². The number of hydrogen-bond acceptors (Lipinski definition) is 8. The maximum atomic E-state index is 15.5. The number of amidine groups is 1. The lowest BCUT2D eigenvalue weighted by Crippen LogP contribution is -2.38. The summed E-state index contributed by atoms with van der Waals surface area (Å²) in [5.74, 6) is -8.95. The van der Waals surface area contributed by atoms with E-state index in [0.717, 1.165) is 34.7 Å². The van der Waals surface area contributed by atoms with Gasteiger partial charge in [0.05, 0.1) is 45.5 Å². The minimum absolute atomic E-state index is 0.00472. The van der Waals surface area contributed by atoms with E-state index in [1.807, 2.05) is 0 Å². The molecule has 11 nitrogen and oxygen atoms in total. The minimum atomic E-state index is -3.62. The number of anilines is 1. The summed E-state index contributed by atoms with van der Waals surface area (Å²) in [4.78, 5) is 33.9. The highest BCUT2D eigenvalue weighted by Crippen LogP contribution is 2.48. The number of nitrogens with two attached hydrogens (primary N) is 1. The van der Waals surface area contributed by atoms with Crippen molar-refractivity contribution in [2.45, 2.75) is 51.3 Å². The Morgan fingerprint density at radius 3 is 2.42 bits per heavy atom. The highest BCUT2D eigenvalue weighted by atomic mass is 35.5. The Kier molecular flexibility index (Phi) is 12.4. The van der Waals surface area contributed by atoms with Crippen LogP contribution in [0.5, 0.6) is 0 Å². The second-order valence-electron chi connectivity index (χ2n) is 14.5. The summed E-state index contributed by atoms with van der Waals surface area (Å²) in [6, 6.07) is 12.5. The SMILES string of the molecule is CNc1c(-n2c(C(Cc3cc(F)cc(F)c3)NC(=O)Cn3nc(C(F)F)c4c3C(F)(F)C(C)C4)nc3cc(-c4ccc(F)c(CO)c4)ccc3c2=O)ccc(Cl)c1C(N)=NSC. The molecule has 0 saturated heterocycles. The number of benzene rings is 4. The van der Waals surface area contributed by atoms with E-state index >= 15 is 8.78 Å². The number of carbonyl (C=O) groups is 1. The molecule has 5 N–H and O–H groups in total. The molecule has 0 aliphatic heterocycles. The zero-order valence-corrected chi connectivity index (χ0v) is 34.5. The summed E-state index contributed by atoms with van der Waals surface area (Å²) in [6.07, 6.45) is -2.44. The van der Waals surface area contributed by atoms with Crippen LogP contribution in [0.15, 0.2) is 75.9 Å². The largest absolute Gasteiger partial charge is 0.392 e. The maximum Gasteiger partial charge on any atom is 0.292 e. The number of halogens is 8. The summed E-state index contributed by atoms with van der Waals surface area (Å²) in [5.41, 5.74) is 4.78. The first-order valence-electron chi connectivity index (χ1n) is 18.8. The quantitative estimate of drug-likeness (QED) is 0.0393. The highest BCUT2D eigenvalue weighted by Gasteiger charge is 2.51. The molecule has 1 aliphatic carbocycles. The molecule has 6 aromatic rings. The molecule has 0 saturated carbocycles. The van der Waals surface area contributed by atoms with Gasteiger partial charge in [0.25, 0.3) is 17.9 Å². The van der Waals surface area contributed by atoms with Gasteiger partial charge < -0.3 is 21.5 Å². The number of rotatable bonds is 13. The van der Waals surface area contributed by atoms with Gasteiger partial charge in [0.2, 0.25) is 5.91 Å². The van der Waals surface area contributed by atoms with Crippen molar-refractivity contribution in [3.63, 3.8) is 0 Å². The van der Waals surface area contributed by atoms with Crippen LogP contribution in [-0.2, 0) is 36.7 Å². The Hall–Kier alpha value is -5.92. The summed E-state index contributed by atoms with van der Waals surface area (Å²) < 4.78 is 109. The molecular weight excluding hydrogens is 865 g/mol. The third-order valence-electron chi connectivity index (χ3n) is 10.5. The number of aliphatic hydroxyl groups is 1. The second kappa shape index (κ2) is 17.5. The van der Waals surface area contributed by atoms with Crippen LogP contribution < -0.4 is 21.9 Å². The Morgan fingerprint density at radius 1 is 1.06 bits per heavy atom. The highest BCUT2D eigenvalue weighted by molar-refractivity contribution is 7.97. The molecule has 2 heterocycles. The van der Waals surface area contributed by atoms with Crippen molar-refractivity contribution in [1.29, 1.82) is 0 Å². The number of fused-ring (bicyclic) bond motifs is 2. The molecule has 0 fully saturated rings. The van der Waals surface area contributed by atoms with Crippen molar-refractivity contribution >= 4 is 51.9 Å². The fraction of sp³-hybridized carbons (Fsp3) is 0.262. The van der Waals surface area contributed by atoms with Gasteiger partial charge >= 0.3 is 0 Å². The van der Waals surface area contributed by atoms with Crippen molar-refractivity contribution in [2.24, 2.45) is 16.0 Å². The fourth-order valence-electron chi connectivity index (χ4n) is 7.72. The number of aliphatic hydroxyl groups excluding tert-OH is 1. The standard InChI is InChI=1S/C42H36ClF7N8O3S/c1-19-10-27-35(38(47)48)55-57(37(27)42(19,49)50)17-33(60)53-31(13-20-11-24(44)16-25(45)12-20)40-54-30-15-22(21-5-8-29(46)23(14-21)18-59)4-6-26(30)41(61)58(40)32-9-7-28(43)34(36(32)52-2)39(51)56-62-3/h4-9,11-12,14-16,19,31,38,52,59H,10,13,17-18H2,1-3H3,(H2,51,56)(H,53,60). The molecular formula is C42H36ClF7N8O3S. The number of nitrogens with one attached hydrogen (secondary N) is 2. The van der Waals surface area contributed by atoms with Crippen LogP contribution in [0.4, 0.5) is 36.4 Å². The van der Waals surface area contributed by atoms with E-state index in [4.69, 9.17) is 22.3 Å². The van der Waals surface area contributed by atoms with E-state index in [2.05, 4.69) is 20.1 Å². The molecule has 0 radical (unpaired) electrons. The smallest absolute Gasteiger partial charge is 0.292 e. The van der Waals surface area contributed by atoms with Crippen LogP contribution in [0.25, 0.3) is 27.7 Å². The van der Waals surface area contributed by atoms with Gasteiger partial charge in [-0.3, -0.25) is 18.8 Å². The van der Waals surface area contributed by atoms with Gasteiger partial charge in [-0.25, -0.2) is 26.9 Å². The van der Waals surface area contributed by atoms with E-state index in [1.54, 1.807) is 12.3 Å². The van der Waals surface area contributed by atoms with E-state index < -0.39 is 90.6 Å². The number of amides is 1. The molecule has 20 heteroatoms. The molecule has 0 bridgehead atoms. The lowest BCUT2D eigenvalue weighted by Gasteiger charge is -2.25. The number of carbonyl (C=O) groups excluding carboxylic acids is 1. The predicted octanol–water partition coefficient (Wildman–Crippen LogP) is 8.16. The molecule has 4 aromatic carbocycles. The molecule has 2 unspecified atom stereocenters. The van der Waals surface area contributed by atoms with E-state index in [-0.39, 0.29) is 61.2 Å². The molecule has 2 atom stereocenters. The van der Waals surface area contributed by atoms with Gasteiger partial charge in [-0.1, -0.05) is 30.7 Å². The molecule has 324 valence electrons. The number of alkyl halides is 4. The van der Waals surface area contributed by atoms with Crippen LogP contribution in [0.1, 0.15) is 58.9 Å². The third kappa shape index (κ3) is 8.23. The van der Waals surface area contributed by atoms with Gasteiger partial charge in [0, 0.05) is 42.8 Å². The summed E-state index contributed by atoms with van der Waals surface area (Å²) in [5, 5.41) is 19.2. The van der Waals surface area contributed by atoms with Gasteiger partial charge in [-0.2, -0.15) is 18.3 Å². The number of hydrogen-bond donors (Lipinski definition) is 4. The molecule has 1 amide bonds. The van der Waals surface area contributed by atoms with Crippen LogP contribution in [-0.4, -0.2) is 49.5 Å². The topological polar surface area (TPSA) is 152 Å². The Bertz CT molecular complexity index is 2820. The van der Waals surface area contributed by atoms with Gasteiger partial charge in [0.15, 0.2) is 0 Å². The van der Waals surface area contributed by atoms with Crippen molar-refractivity contribution in [3.05, 3.63) is 139 Å². The van der Waals surface area contributed by atoms with Gasteiger partial charge in [-0.05, 0) is 83.6 Å². The first-order valence-corrected chi connectivity index (χ1v) is 20.4. The monoisotopic (exact) mass is 900 g/mol. The zero-order chi connectivity index (χ0) is 44.8.